The zero-order valence-electron chi connectivity index (χ0n) is 11.6. The summed E-state index contributed by atoms with van der Waals surface area (Å²) >= 11 is 0. The van der Waals surface area contributed by atoms with E-state index in [0.717, 1.165) is 35.9 Å². The second-order valence-electron chi connectivity index (χ2n) is 4.84. The van der Waals surface area contributed by atoms with Crippen molar-refractivity contribution in [2.75, 3.05) is 18.7 Å². The minimum atomic E-state index is 0.313. The molecule has 0 saturated carbocycles. The van der Waals surface area contributed by atoms with Gasteiger partial charge in [-0.3, -0.25) is 0 Å². The molecule has 5 nitrogen and oxygen atoms in total. The summed E-state index contributed by atoms with van der Waals surface area (Å²) in [5.74, 6) is 2.33. The van der Waals surface area contributed by atoms with Crippen molar-refractivity contribution in [2.24, 2.45) is 0 Å². The summed E-state index contributed by atoms with van der Waals surface area (Å²) in [5.41, 5.74) is 3.15. The molecule has 1 aliphatic rings. The molecule has 2 heterocycles. The third-order valence-corrected chi connectivity index (χ3v) is 3.12. The minimum Gasteiger partial charge on any atom is -0.454 e. The van der Waals surface area contributed by atoms with Gasteiger partial charge in [0.2, 0.25) is 12.7 Å². The fraction of sp³-hybridized carbons (Fsp3) is 0.333. The molecule has 0 bridgehead atoms. The normalized spacial score (nSPS) is 12.5. The van der Waals surface area contributed by atoms with Crippen molar-refractivity contribution in [2.45, 2.75) is 20.3 Å². The van der Waals surface area contributed by atoms with Crippen LogP contribution in [0.25, 0.3) is 0 Å². The standard InChI is InChI=1S/C15H17N3O2/c1-10-7-11(2)18-15(17-10)16-6-5-12-3-4-13-14(8-12)20-9-19-13/h3-4,7-8H,5-6,9H2,1-2H3,(H,16,17,18). The first kappa shape index (κ1) is 12.7. The van der Waals surface area contributed by atoms with E-state index in [9.17, 15) is 0 Å². The van der Waals surface area contributed by atoms with Crippen LogP contribution in [-0.2, 0) is 6.42 Å². The molecule has 0 aliphatic carbocycles. The molecule has 1 N–H and O–H groups in total. The number of hydrogen-bond donors (Lipinski definition) is 1. The van der Waals surface area contributed by atoms with E-state index in [0.29, 0.717) is 12.7 Å². The second-order valence-corrected chi connectivity index (χ2v) is 4.84. The van der Waals surface area contributed by atoms with E-state index in [1.165, 1.54) is 5.56 Å². The van der Waals surface area contributed by atoms with E-state index in [1.54, 1.807) is 0 Å². The van der Waals surface area contributed by atoms with Gasteiger partial charge < -0.3 is 14.8 Å². The van der Waals surface area contributed by atoms with Gasteiger partial charge in [0.15, 0.2) is 11.5 Å². The molecule has 1 aliphatic heterocycles. The van der Waals surface area contributed by atoms with Crippen LogP contribution in [0.4, 0.5) is 5.95 Å². The van der Waals surface area contributed by atoms with Gasteiger partial charge in [-0.15, -0.1) is 0 Å². The van der Waals surface area contributed by atoms with Crippen LogP contribution < -0.4 is 14.8 Å². The Morgan fingerprint density at radius 3 is 2.60 bits per heavy atom. The molecule has 5 heteroatoms. The number of ether oxygens (including phenoxy) is 2. The summed E-state index contributed by atoms with van der Waals surface area (Å²) in [6.45, 7) is 5.03. The van der Waals surface area contributed by atoms with Gasteiger partial charge in [-0.25, -0.2) is 9.97 Å². The molecule has 0 fully saturated rings. The lowest BCUT2D eigenvalue weighted by atomic mass is 10.1. The van der Waals surface area contributed by atoms with Gasteiger partial charge in [-0.1, -0.05) is 6.07 Å². The zero-order valence-corrected chi connectivity index (χ0v) is 11.6. The van der Waals surface area contributed by atoms with Gasteiger partial charge in [0.25, 0.3) is 0 Å². The Bertz CT molecular complexity index is 608. The van der Waals surface area contributed by atoms with Crippen molar-refractivity contribution in [3.63, 3.8) is 0 Å². The Labute approximate surface area is 118 Å². The lowest BCUT2D eigenvalue weighted by Crippen LogP contribution is -2.09. The number of nitrogens with one attached hydrogen (secondary N) is 1. The number of nitrogens with zero attached hydrogens (tertiary/aromatic N) is 2. The molecule has 0 amide bonds. The highest BCUT2D eigenvalue weighted by Gasteiger charge is 2.12. The Morgan fingerprint density at radius 2 is 1.80 bits per heavy atom. The number of anilines is 1. The SMILES string of the molecule is Cc1cc(C)nc(NCCc2ccc3c(c2)OCO3)n1. The van der Waals surface area contributed by atoms with Crippen molar-refractivity contribution < 1.29 is 9.47 Å². The molecule has 0 spiro atoms. The van der Waals surface area contributed by atoms with Crippen LogP contribution in [0, 0.1) is 13.8 Å². The summed E-state index contributed by atoms with van der Waals surface area (Å²) in [6, 6.07) is 7.98. The van der Waals surface area contributed by atoms with Crippen LogP contribution in [0.2, 0.25) is 0 Å². The molecule has 20 heavy (non-hydrogen) atoms. The zero-order chi connectivity index (χ0) is 13.9. The van der Waals surface area contributed by atoms with Gasteiger partial charge in [-0.05, 0) is 44.0 Å². The van der Waals surface area contributed by atoms with Gasteiger partial charge in [0.05, 0.1) is 0 Å². The topological polar surface area (TPSA) is 56.3 Å². The van der Waals surface area contributed by atoms with Crippen LogP contribution in [0.1, 0.15) is 17.0 Å². The molecule has 104 valence electrons. The van der Waals surface area contributed by atoms with E-state index < -0.39 is 0 Å². The molecule has 0 unspecified atom stereocenters. The van der Waals surface area contributed by atoms with Crippen LogP contribution >= 0.6 is 0 Å². The Balaban J connectivity index is 1.59. The predicted octanol–water partition coefficient (Wildman–Crippen LogP) is 2.48. The first-order valence-corrected chi connectivity index (χ1v) is 6.65. The average molecular weight is 271 g/mol. The molecule has 1 aromatic heterocycles. The van der Waals surface area contributed by atoms with E-state index in [2.05, 4.69) is 21.4 Å². The van der Waals surface area contributed by atoms with E-state index >= 15 is 0 Å². The lowest BCUT2D eigenvalue weighted by molar-refractivity contribution is 0.174. The number of hydrogen-bond acceptors (Lipinski definition) is 5. The number of fused-ring (bicyclic) bond motifs is 1. The third-order valence-electron chi connectivity index (χ3n) is 3.12. The Morgan fingerprint density at radius 1 is 1.05 bits per heavy atom. The van der Waals surface area contributed by atoms with Gasteiger partial charge in [0.1, 0.15) is 0 Å². The molecule has 3 rings (SSSR count). The minimum absolute atomic E-state index is 0.313. The monoisotopic (exact) mass is 271 g/mol. The van der Waals surface area contributed by atoms with Crippen molar-refractivity contribution >= 4 is 5.95 Å². The Kier molecular flexibility index (Phi) is 3.41. The quantitative estimate of drug-likeness (QED) is 0.925. The molecular weight excluding hydrogens is 254 g/mol. The largest absolute Gasteiger partial charge is 0.454 e. The smallest absolute Gasteiger partial charge is 0.231 e. The van der Waals surface area contributed by atoms with E-state index in [-0.39, 0.29) is 0 Å². The molecule has 0 atom stereocenters. The van der Waals surface area contributed by atoms with Crippen molar-refractivity contribution in [3.8, 4) is 11.5 Å². The Hall–Kier alpha value is -2.30. The van der Waals surface area contributed by atoms with Crippen LogP contribution in [0.3, 0.4) is 0 Å². The summed E-state index contributed by atoms with van der Waals surface area (Å²) in [6.07, 6.45) is 0.882. The maximum atomic E-state index is 5.37. The van der Waals surface area contributed by atoms with Crippen molar-refractivity contribution in [1.29, 1.82) is 0 Å². The molecule has 2 aromatic rings. The van der Waals surface area contributed by atoms with Crippen LogP contribution in [0.15, 0.2) is 24.3 Å². The summed E-state index contributed by atoms with van der Waals surface area (Å²) in [5, 5.41) is 3.25. The summed E-state index contributed by atoms with van der Waals surface area (Å²) in [4.78, 5) is 8.71. The van der Waals surface area contributed by atoms with Gasteiger partial charge in [-0.2, -0.15) is 0 Å². The summed E-state index contributed by atoms with van der Waals surface area (Å²) < 4.78 is 10.7. The van der Waals surface area contributed by atoms with Gasteiger partial charge >= 0.3 is 0 Å². The molecule has 0 radical (unpaired) electrons. The maximum Gasteiger partial charge on any atom is 0.231 e. The third kappa shape index (κ3) is 2.82. The lowest BCUT2D eigenvalue weighted by Gasteiger charge is -2.07. The second kappa shape index (κ2) is 5.36. The van der Waals surface area contributed by atoms with E-state index in [4.69, 9.17) is 9.47 Å². The molecular formula is C15H17N3O2. The summed E-state index contributed by atoms with van der Waals surface area (Å²) in [7, 11) is 0. The maximum absolute atomic E-state index is 5.37. The van der Waals surface area contributed by atoms with Crippen LogP contribution in [0.5, 0.6) is 11.5 Å². The number of rotatable bonds is 4. The highest BCUT2D eigenvalue weighted by Crippen LogP contribution is 2.32. The number of benzene rings is 1. The number of aromatic nitrogens is 2. The highest BCUT2D eigenvalue weighted by molar-refractivity contribution is 5.44. The fourth-order valence-electron chi connectivity index (χ4n) is 2.22. The van der Waals surface area contributed by atoms with Gasteiger partial charge in [0, 0.05) is 17.9 Å². The first-order chi connectivity index (χ1) is 9.70. The van der Waals surface area contributed by atoms with Crippen molar-refractivity contribution in [3.05, 3.63) is 41.2 Å². The predicted molar refractivity (Wildman–Crippen MR) is 76.3 cm³/mol. The molecule has 1 aromatic carbocycles. The first-order valence-electron chi connectivity index (χ1n) is 6.65. The van der Waals surface area contributed by atoms with E-state index in [1.807, 2.05) is 32.0 Å². The molecule has 0 saturated heterocycles. The fourth-order valence-corrected chi connectivity index (χ4v) is 2.22. The highest BCUT2D eigenvalue weighted by atomic mass is 16.7. The average Bonchev–Trinajstić information content (AvgIpc) is 2.85. The van der Waals surface area contributed by atoms with Crippen LogP contribution in [-0.4, -0.2) is 23.3 Å². The van der Waals surface area contributed by atoms with Crippen molar-refractivity contribution in [1.82, 2.24) is 9.97 Å². The number of aryl methyl sites for hydroxylation is 2.